The van der Waals surface area contributed by atoms with Crippen molar-refractivity contribution in [2.24, 2.45) is 0 Å². The fourth-order valence-corrected chi connectivity index (χ4v) is 3.55. The van der Waals surface area contributed by atoms with Gasteiger partial charge in [0.1, 0.15) is 0 Å². The van der Waals surface area contributed by atoms with Gasteiger partial charge in [0.05, 0.1) is 31.1 Å². The van der Waals surface area contributed by atoms with Gasteiger partial charge in [-0.15, -0.1) is 0 Å². The van der Waals surface area contributed by atoms with Crippen LogP contribution >= 0.6 is 23.2 Å². The van der Waals surface area contributed by atoms with Crippen LogP contribution in [0.15, 0.2) is 41.3 Å². The highest BCUT2D eigenvalue weighted by atomic mass is 35.5. The number of rotatable bonds is 7. The van der Waals surface area contributed by atoms with E-state index in [4.69, 9.17) is 27.9 Å². The number of carbonyl (C=O) groups is 2. The summed E-state index contributed by atoms with van der Waals surface area (Å²) in [6, 6.07) is 6.96. The number of hydrogen-bond acceptors (Lipinski definition) is 7. The van der Waals surface area contributed by atoms with Crippen LogP contribution in [0.1, 0.15) is 17.3 Å². The minimum Gasteiger partial charge on any atom is -0.449 e. The van der Waals surface area contributed by atoms with E-state index in [0.29, 0.717) is 0 Å². The second-order valence-corrected chi connectivity index (χ2v) is 9.35. The van der Waals surface area contributed by atoms with Gasteiger partial charge in [-0.1, -0.05) is 23.2 Å². The van der Waals surface area contributed by atoms with E-state index in [1.807, 2.05) is 0 Å². The Morgan fingerprint density at radius 1 is 1.13 bits per heavy atom. The number of nitro groups is 1. The second kappa shape index (κ2) is 9.60. The first kappa shape index (κ1) is 24.5. The summed E-state index contributed by atoms with van der Waals surface area (Å²) >= 11 is 11.9. The van der Waals surface area contributed by atoms with Crippen molar-refractivity contribution in [1.82, 2.24) is 4.31 Å². The maximum Gasteiger partial charge on any atom is 0.340 e. The number of sulfonamides is 1. The van der Waals surface area contributed by atoms with E-state index in [1.54, 1.807) is 0 Å². The summed E-state index contributed by atoms with van der Waals surface area (Å²) in [7, 11) is -1.18. The lowest BCUT2D eigenvalue weighted by Gasteiger charge is -2.16. The Morgan fingerprint density at radius 2 is 1.74 bits per heavy atom. The number of ether oxygens (including phenoxy) is 1. The number of nitrogens with zero attached hydrogens (tertiary/aromatic N) is 2. The van der Waals surface area contributed by atoms with Crippen LogP contribution in [0.25, 0.3) is 0 Å². The van der Waals surface area contributed by atoms with E-state index >= 15 is 0 Å². The molecule has 166 valence electrons. The van der Waals surface area contributed by atoms with Gasteiger partial charge < -0.3 is 10.1 Å². The lowest BCUT2D eigenvalue weighted by molar-refractivity contribution is -0.384. The van der Waals surface area contributed by atoms with Crippen molar-refractivity contribution in [3.8, 4) is 0 Å². The largest absolute Gasteiger partial charge is 0.449 e. The molecule has 13 heteroatoms. The van der Waals surface area contributed by atoms with Gasteiger partial charge in [-0.3, -0.25) is 14.9 Å². The molecule has 0 aliphatic rings. The fraction of sp³-hybridized carbons (Fsp3) is 0.222. The topological polar surface area (TPSA) is 136 Å². The lowest BCUT2D eigenvalue weighted by atomic mass is 10.2. The number of anilines is 1. The summed E-state index contributed by atoms with van der Waals surface area (Å²) in [4.78, 5) is 34.9. The number of halogens is 2. The zero-order valence-electron chi connectivity index (χ0n) is 16.5. The van der Waals surface area contributed by atoms with Gasteiger partial charge >= 0.3 is 5.97 Å². The zero-order chi connectivity index (χ0) is 23.5. The Bertz CT molecular complexity index is 1150. The molecule has 0 bridgehead atoms. The number of carbonyl (C=O) groups excluding carboxylic acids is 2. The molecule has 0 spiro atoms. The summed E-state index contributed by atoms with van der Waals surface area (Å²) < 4.78 is 30.6. The number of nitrogens with one attached hydrogen (secondary N) is 1. The number of esters is 1. The van der Waals surface area contributed by atoms with E-state index in [1.165, 1.54) is 39.2 Å². The molecule has 0 aliphatic heterocycles. The third kappa shape index (κ3) is 5.70. The Morgan fingerprint density at radius 3 is 2.32 bits per heavy atom. The molecule has 0 saturated carbocycles. The summed E-state index contributed by atoms with van der Waals surface area (Å²) in [5, 5.41) is 13.2. The molecule has 2 rings (SSSR count). The fourth-order valence-electron chi connectivity index (χ4n) is 2.27. The number of hydrogen-bond donors (Lipinski definition) is 1. The van der Waals surface area contributed by atoms with Gasteiger partial charge in [-0.05, 0) is 31.2 Å². The first-order valence-corrected chi connectivity index (χ1v) is 10.7. The summed E-state index contributed by atoms with van der Waals surface area (Å²) in [5.74, 6) is -1.85. The molecule has 0 heterocycles. The standard InChI is InChI=1S/C18H17Cl2N3O7S/c1-10(17(24)21-16-8-11(23(26)27)4-6-15(16)20)30-18(25)13-9-12(5-7-14(13)19)31(28,29)22(2)3/h4-10H,1-3H3,(H,21,24)/t10-/m0/s1. The van der Waals surface area contributed by atoms with Crippen LogP contribution in [0.4, 0.5) is 11.4 Å². The minimum atomic E-state index is -3.83. The molecule has 0 aliphatic carbocycles. The monoisotopic (exact) mass is 489 g/mol. The zero-order valence-corrected chi connectivity index (χ0v) is 18.8. The van der Waals surface area contributed by atoms with Crippen molar-refractivity contribution in [1.29, 1.82) is 0 Å². The third-order valence-electron chi connectivity index (χ3n) is 4.01. The van der Waals surface area contributed by atoms with Crippen LogP contribution in [0.2, 0.25) is 10.0 Å². The first-order valence-electron chi connectivity index (χ1n) is 8.52. The molecular weight excluding hydrogens is 473 g/mol. The van der Waals surface area contributed by atoms with Crippen LogP contribution in [-0.2, 0) is 19.6 Å². The van der Waals surface area contributed by atoms with Gasteiger partial charge in [0.2, 0.25) is 10.0 Å². The van der Waals surface area contributed by atoms with Crippen molar-refractivity contribution >= 4 is 56.5 Å². The summed E-state index contributed by atoms with van der Waals surface area (Å²) in [5.41, 5.74) is -0.589. The molecule has 2 aromatic rings. The SMILES string of the molecule is C[C@H](OC(=O)c1cc(S(=O)(=O)N(C)C)ccc1Cl)C(=O)Nc1cc([N+](=O)[O-])ccc1Cl. The highest BCUT2D eigenvalue weighted by Crippen LogP contribution is 2.27. The molecule has 1 N–H and O–H groups in total. The number of benzene rings is 2. The Labute approximate surface area is 187 Å². The lowest BCUT2D eigenvalue weighted by Crippen LogP contribution is -2.30. The van der Waals surface area contributed by atoms with Crippen molar-refractivity contribution in [2.75, 3.05) is 19.4 Å². The number of non-ortho nitro benzene ring substituents is 1. The van der Waals surface area contributed by atoms with Crippen LogP contribution in [0.5, 0.6) is 0 Å². The second-order valence-electron chi connectivity index (χ2n) is 6.39. The van der Waals surface area contributed by atoms with Gasteiger partial charge in [0, 0.05) is 26.2 Å². The smallest absolute Gasteiger partial charge is 0.340 e. The molecule has 1 atom stereocenters. The van der Waals surface area contributed by atoms with Crippen LogP contribution in [0.3, 0.4) is 0 Å². The van der Waals surface area contributed by atoms with Gasteiger partial charge in [-0.2, -0.15) is 0 Å². The average Bonchev–Trinajstić information content (AvgIpc) is 2.69. The van der Waals surface area contributed by atoms with Gasteiger partial charge in [0.25, 0.3) is 11.6 Å². The van der Waals surface area contributed by atoms with Gasteiger partial charge in [0.15, 0.2) is 6.10 Å². The van der Waals surface area contributed by atoms with E-state index < -0.39 is 32.9 Å². The maximum atomic E-state index is 12.5. The van der Waals surface area contributed by atoms with Crippen molar-refractivity contribution in [3.05, 3.63) is 62.1 Å². The quantitative estimate of drug-likeness (QED) is 0.357. The van der Waals surface area contributed by atoms with E-state index in [-0.39, 0.29) is 31.9 Å². The Hall–Kier alpha value is -2.73. The molecule has 2 aromatic carbocycles. The molecule has 0 saturated heterocycles. The molecule has 0 unspecified atom stereocenters. The van der Waals surface area contributed by atoms with E-state index in [2.05, 4.69) is 5.32 Å². The van der Waals surface area contributed by atoms with Crippen LogP contribution in [-0.4, -0.2) is 49.7 Å². The molecule has 0 aromatic heterocycles. The van der Waals surface area contributed by atoms with Gasteiger partial charge in [-0.25, -0.2) is 17.5 Å². The highest BCUT2D eigenvalue weighted by molar-refractivity contribution is 7.89. The molecule has 0 fully saturated rings. The van der Waals surface area contributed by atoms with Crippen LogP contribution < -0.4 is 5.32 Å². The molecule has 10 nitrogen and oxygen atoms in total. The minimum absolute atomic E-state index is 0.0409. The molecular formula is C18H17Cl2N3O7S. The molecule has 31 heavy (non-hydrogen) atoms. The van der Waals surface area contributed by atoms with E-state index in [0.717, 1.165) is 22.5 Å². The predicted molar refractivity (Wildman–Crippen MR) is 114 cm³/mol. The van der Waals surface area contributed by atoms with Crippen molar-refractivity contribution in [2.45, 2.75) is 17.9 Å². The normalized spacial score (nSPS) is 12.3. The molecule has 0 radical (unpaired) electrons. The van der Waals surface area contributed by atoms with Crippen molar-refractivity contribution in [3.63, 3.8) is 0 Å². The maximum absolute atomic E-state index is 12.5. The highest BCUT2D eigenvalue weighted by Gasteiger charge is 2.25. The average molecular weight is 490 g/mol. The Balaban J connectivity index is 2.20. The number of nitro benzene ring substituents is 1. The summed E-state index contributed by atoms with van der Waals surface area (Å²) in [6.07, 6.45) is -1.35. The third-order valence-corrected chi connectivity index (χ3v) is 6.48. The number of amides is 1. The Kier molecular flexibility index (Phi) is 7.60. The van der Waals surface area contributed by atoms with Crippen molar-refractivity contribution < 1.29 is 27.7 Å². The summed E-state index contributed by atoms with van der Waals surface area (Å²) in [6.45, 7) is 1.26. The van der Waals surface area contributed by atoms with Crippen LogP contribution in [0, 0.1) is 10.1 Å². The first-order chi connectivity index (χ1) is 14.3. The van der Waals surface area contributed by atoms with E-state index in [9.17, 15) is 28.1 Å². The predicted octanol–water partition coefficient (Wildman–Crippen LogP) is 3.34. The molecule has 1 amide bonds.